The van der Waals surface area contributed by atoms with Gasteiger partial charge in [-0.1, -0.05) is 72.8 Å². The molecule has 1 aliphatic heterocycles. The summed E-state index contributed by atoms with van der Waals surface area (Å²) in [5, 5.41) is 8.22. The van der Waals surface area contributed by atoms with Crippen molar-refractivity contribution in [1.82, 2.24) is 15.5 Å². The second-order valence-electron chi connectivity index (χ2n) is 9.82. The number of nitrogens with one attached hydrogen (secondary N) is 2. The molecule has 0 saturated carbocycles. The van der Waals surface area contributed by atoms with E-state index in [0.717, 1.165) is 47.8 Å². The van der Waals surface area contributed by atoms with E-state index in [-0.39, 0.29) is 31.5 Å². The highest BCUT2D eigenvalue weighted by Gasteiger charge is 2.31. The van der Waals surface area contributed by atoms with Crippen molar-refractivity contribution in [2.75, 3.05) is 26.7 Å². The van der Waals surface area contributed by atoms with Crippen molar-refractivity contribution >= 4 is 28.5 Å². The Morgan fingerprint density at radius 2 is 1.63 bits per heavy atom. The van der Waals surface area contributed by atoms with Gasteiger partial charge >= 0.3 is 0 Å². The molecule has 1 aliphatic rings. The van der Waals surface area contributed by atoms with E-state index < -0.39 is 23.9 Å². The van der Waals surface area contributed by atoms with Crippen molar-refractivity contribution in [2.45, 2.75) is 43.9 Å². The number of primary amides is 1. The maximum absolute atomic E-state index is 13.6. The minimum Gasteiger partial charge on any atom is -0.368 e. The summed E-state index contributed by atoms with van der Waals surface area (Å²) in [7, 11) is 1.61. The maximum atomic E-state index is 13.6. The summed E-state index contributed by atoms with van der Waals surface area (Å²) in [5.74, 6) is -1.35. The van der Waals surface area contributed by atoms with Crippen LogP contribution in [0.25, 0.3) is 10.8 Å². The van der Waals surface area contributed by atoms with Gasteiger partial charge in [-0.3, -0.25) is 14.4 Å². The Bertz CT molecular complexity index is 1240. The van der Waals surface area contributed by atoms with E-state index in [1.165, 1.54) is 4.90 Å². The van der Waals surface area contributed by atoms with E-state index in [0.29, 0.717) is 0 Å². The van der Waals surface area contributed by atoms with Gasteiger partial charge in [-0.15, -0.1) is 0 Å². The van der Waals surface area contributed by atoms with Gasteiger partial charge < -0.3 is 26.0 Å². The predicted molar refractivity (Wildman–Crippen MR) is 147 cm³/mol. The molecule has 3 amide bonds. The molecule has 8 heteroatoms. The molecule has 4 N–H and O–H groups in total. The molecule has 0 spiro atoms. The lowest BCUT2D eigenvalue weighted by Crippen LogP contribution is -2.55. The van der Waals surface area contributed by atoms with Crippen LogP contribution in [-0.4, -0.2) is 67.6 Å². The van der Waals surface area contributed by atoms with Crippen LogP contribution in [-0.2, 0) is 32.0 Å². The summed E-state index contributed by atoms with van der Waals surface area (Å²) in [6, 6.07) is 21.6. The number of nitrogens with zero attached hydrogens (tertiary/aromatic N) is 1. The molecule has 0 aliphatic carbocycles. The number of amides is 3. The van der Waals surface area contributed by atoms with Gasteiger partial charge in [0.15, 0.2) is 0 Å². The Balaban J connectivity index is 1.51. The third-order valence-electron chi connectivity index (χ3n) is 7.08. The number of carbonyl (C=O) groups excluding carboxylic acids is 3. The zero-order valence-electron chi connectivity index (χ0n) is 21.8. The number of carbonyl (C=O) groups is 3. The number of rotatable bonds is 11. The zero-order chi connectivity index (χ0) is 26.9. The minimum atomic E-state index is -0.904. The smallest absolute Gasteiger partial charge is 0.249 e. The molecule has 0 radical (unpaired) electrons. The van der Waals surface area contributed by atoms with Crippen LogP contribution in [0.1, 0.15) is 24.0 Å². The van der Waals surface area contributed by atoms with Crippen LogP contribution in [0.15, 0.2) is 72.8 Å². The topological polar surface area (TPSA) is 114 Å². The van der Waals surface area contributed by atoms with E-state index in [4.69, 9.17) is 10.5 Å². The molecule has 0 unspecified atom stereocenters. The molecule has 38 heavy (non-hydrogen) atoms. The average molecular weight is 517 g/mol. The van der Waals surface area contributed by atoms with Crippen LogP contribution in [0, 0.1) is 0 Å². The number of fused-ring (bicyclic) bond motifs is 1. The summed E-state index contributed by atoms with van der Waals surface area (Å²) in [4.78, 5) is 40.4. The largest absolute Gasteiger partial charge is 0.368 e. The first-order chi connectivity index (χ1) is 18.4. The Labute approximate surface area is 223 Å². The monoisotopic (exact) mass is 516 g/mol. The predicted octanol–water partition coefficient (Wildman–Crippen LogP) is 2.19. The molecule has 3 aromatic carbocycles. The number of likely N-dealkylation sites (N-methyl/N-ethyl adjacent to an activating group) is 1. The first kappa shape index (κ1) is 27.3. The van der Waals surface area contributed by atoms with E-state index in [9.17, 15) is 14.4 Å². The Kier molecular flexibility index (Phi) is 9.46. The summed E-state index contributed by atoms with van der Waals surface area (Å²) in [5.41, 5.74) is 7.44. The molecule has 8 nitrogen and oxygen atoms in total. The fourth-order valence-corrected chi connectivity index (χ4v) is 4.76. The van der Waals surface area contributed by atoms with Gasteiger partial charge in [0, 0.05) is 19.9 Å². The van der Waals surface area contributed by atoms with Crippen LogP contribution in [0.4, 0.5) is 0 Å². The highest BCUT2D eigenvalue weighted by atomic mass is 16.5. The van der Waals surface area contributed by atoms with Gasteiger partial charge in [-0.05, 0) is 47.8 Å². The Morgan fingerprint density at radius 3 is 2.34 bits per heavy atom. The number of nitrogens with two attached hydrogens (primary N) is 1. The average Bonchev–Trinajstić information content (AvgIpc) is 2.94. The van der Waals surface area contributed by atoms with E-state index in [1.54, 1.807) is 7.05 Å². The van der Waals surface area contributed by atoms with Crippen LogP contribution >= 0.6 is 0 Å². The number of benzene rings is 3. The lowest BCUT2D eigenvalue weighted by molar-refractivity contribution is -0.144. The maximum Gasteiger partial charge on any atom is 0.249 e. The van der Waals surface area contributed by atoms with Gasteiger partial charge in [0.25, 0.3) is 0 Å². The van der Waals surface area contributed by atoms with Gasteiger partial charge in [0.05, 0.1) is 6.10 Å². The molecular formula is C30H36N4O4. The van der Waals surface area contributed by atoms with E-state index in [2.05, 4.69) is 10.6 Å². The standard InChI is InChI=1S/C30H36N4O4/c1-34(28(35)20-38-25-13-15-32-16-14-25)27(19-22-11-12-23-9-5-6-10-24(23)17-22)30(37)33-26(29(31)36)18-21-7-3-2-4-8-21/h2-12,17,25-27,32H,13-16,18-20H2,1H3,(H2,31,36)(H,33,37)/t26-,27-/m1/s1. The van der Waals surface area contributed by atoms with E-state index in [1.807, 2.05) is 72.8 Å². The second kappa shape index (κ2) is 13.2. The molecule has 1 fully saturated rings. The Hall–Kier alpha value is -3.75. The van der Waals surface area contributed by atoms with Gasteiger partial charge in [-0.2, -0.15) is 0 Å². The quantitative estimate of drug-likeness (QED) is 0.362. The summed E-state index contributed by atoms with van der Waals surface area (Å²) >= 11 is 0. The molecular weight excluding hydrogens is 480 g/mol. The molecule has 1 heterocycles. The van der Waals surface area contributed by atoms with Crippen molar-refractivity contribution in [3.8, 4) is 0 Å². The van der Waals surface area contributed by atoms with Crippen LogP contribution in [0.2, 0.25) is 0 Å². The van der Waals surface area contributed by atoms with E-state index >= 15 is 0 Å². The van der Waals surface area contributed by atoms with Gasteiger partial charge in [-0.25, -0.2) is 0 Å². The number of piperidine rings is 1. The molecule has 0 bridgehead atoms. The SMILES string of the molecule is CN(C(=O)COC1CCNCC1)[C@H](Cc1ccc2ccccc2c1)C(=O)N[C@H](Cc1ccccc1)C(N)=O. The number of hydrogen-bond acceptors (Lipinski definition) is 5. The first-order valence-corrected chi connectivity index (χ1v) is 13.1. The highest BCUT2D eigenvalue weighted by molar-refractivity contribution is 5.92. The van der Waals surface area contributed by atoms with Crippen molar-refractivity contribution in [1.29, 1.82) is 0 Å². The molecule has 200 valence electrons. The second-order valence-corrected chi connectivity index (χ2v) is 9.82. The first-order valence-electron chi connectivity index (χ1n) is 13.1. The molecule has 3 aromatic rings. The summed E-state index contributed by atoms with van der Waals surface area (Å²) < 4.78 is 5.86. The highest BCUT2D eigenvalue weighted by Crippen LogP contribution is 2.18. The fraction of sp³-hybridized carbons (Fsp3) is 0.367. The van der Waals surface area contributed by atoms with Gasteiger partial charge in [0.1, 0.15) is 18.7 Å². The summed E-state index contributed by atoms with van der Waals surface area (Å²) in [6.45, 7) is 1.61. The zero-order valence-corrected chi connectivity index (χ0v) is 21.8. The molecule has 4 rings (SSSR count). The number of ether oxygens (including phenoxy) is 1. The van der Waals surface area contributed by atoms with Crippen LogP contribution in [0.3, 0.4) is 0 Å². The van der Waals surface area contributed by atoms with Crippen molar-refractivity contribution < 1.29 is 19.1 Å². The minimum absolute atomic E-state index is 0.0199. The van der Waals surface area contributed by atoms with Gasteiger partial charge in [0.2, 0.25) is 17.7 Å². The summed E-state index contributed by atoms with van der Waals surface area (Å²) in [6.07, 6.45) is 2.26. The van der Waals surface area contributed by atoms with Crippen molar-refractivity contribution in [3.05, 3.63) is 83.9 Å². The molecule has 0 aromatic heterocycles. The fourth-order valence-electron chi connectivity index (χ4n) is 4.76. The Morgan fingerprint density at radius 1 is 0.947 bits per heavy atom. The van der Waals surface area contributed by atoms with Crippen molar-refractivity contribution in [2.24, 2.45) is 5.73 Å². The lowest BCUT2D eigenvalue weighted by Gasteiger charge is -2.30. The van der Waals surface area contributed by atoms with Crippen molar-refractivity contribution in [3.63, 3.8) is 0 Å². The third kappa shape index (κ3) is 7.40. The number of hydrogen-bond donors (Lipinski definition) is 3. The molecule has 2 atom stereocenters. The van der Waals surface area contributed by atoms with Crippen LogP contribution < -0.4 is 16.4 Å². The third-order valence-corrected chi connectivity index (χ3v) is 7.08. The lowest BCUT2D eigenvalue weighted by atomic mass is 9.99. The molecule has 1 saturated heterocycles. The normalized spacial score (nSPS) is 15.5. The van der Waals surface area contributed by atoms with Crippen LogP contribution in [0.5, 0.6) is 0 Å².